The SMILES string of the molecule is CCCN(CC(=O)c1cc(C)n(-c2cccc(S(=O)(=O)N3CCOCC3)c2)c1C)CC(F)F. The second-order valence-corrected chi connectivity index (χ2v) is 10.1. The van der Waals surface area contributed by atoms with Crippen LogP contribution < -0.4 is 0 Å². The predicted molar refractivity (Wildman–Crippen MR) is 122 cm³/mol. The van der Waals surface area contributed by atoms with Crippen LogP contribution in [0, 0.1) is 13.8 Å². The number of ketones is 1. The highest BCUT2D eigenvalue weighted by Crippen LogP contribution is 2.25. The summed E-state index contributed by atoms with van der Waals surface area (Å²) in [4.78, 5) is 14.6. The molecule has 2 aromatic rings. The Kier molecular flexibility index (Phi) is 8.38. The third-order valence-corrected chi connectivity index (χ3v) is 7.61. The summed E-state index contributed by atoms with van der Waals surface area (Å²) >= 11 is 0. The standard InChI is InChI=1S/C23H31F2N3O4S/c1-4-8-26(16-23(24)25)15-22(29)21-13-17(2)28(18(21)3)19-6-5-7-20(14-19)33(30,31)27-9-11-32-12-10-27/h5-7,13-14,23H,4,8-12,15-16H2,1-3H3. The molecule has 1 aromatic heterocycles. The number of halogens is 2. The maximum Gasteiger partial charge on any atom is 0.251 e. The van der Waals surface area contributed by atoms with E-state index in [4.69, 9.17) is 4.74 Å². The molecule has 0 N–H and O–H groups in total. The van der Waals surface area contributed by atoms with Gasteiger partial charge in [-0.25, -0.2) is 17.2 Å². The predicted octanol–water partition coefficient (Wildman–Crippen LogP) is 3.27. The number of hydrogen-bond donors (Lipinski definition) is 0. The monoisotopic (exact) mass is 483 g/mol. The molecule has 2 heterocycles. The van der Waals surface area contributed by atoms with Crippen LogP contribution in [0.5, 0.6) is 0 Å². The summed E-state index contributed by atoms with van der Waals surface area (Å²) in [7, 11) is -3.67. The first-order chi connectivity index (χ1) is 15.6. The molecule has 0 saturated carbocycles. The molecule has 1 aliphatic rings. The fourth-order valence-electron chi connectivity index (χ4n) is 4.20. The lowest BCUT2D eigenvalue weighted by atomic mass is 10.1. The lowest BCUT2D eigenvalue weighted by molar-refractivity contribution is 0.0730. The van der Waals surface area contributed by atoms with E-state index in [2.05, 4.69) is 0 Å². The molecule has 0 spiro atoms. The number of rotatable bonds is 10. The van der Waals surface area contributed by atoms with Gasteiger partial charge in [-0.05, 0) is 51.1 Å². The molecular weight excluding hydrogens is 452 g/mol. The summed E-state index contributed by atoms with van der Waals surface area (Å²) in [6.45, 7) is 6.70. The molecule has 182 valence electrons. The summed E-state index contributed by atoms with van der Waals surface area (Å²) < 4.78 is 60.4. The number of carbonyl (C=O) groups is 1. The number of benzene rings is 1. The topological polar surface area (TPSA) is 71.9 Å². The molecule has 0 amide bonds. The number of aromatic nitrogens is 1. The zero-order valence-corrected chi connectivity index (χ0v) is 20.1. The van der Waals surface area contributed by atoms with Crippen LogP contribution in [-0.2, 0) is 14.8 Å². The fraction of sp³-hybridized carbons (Fsp3) is 0.522. The summed E-state index contributed by atoms with van der Waals surface area (Å²) in [5.41, 5.74) is 2.47. The second-order valence-electron chi connectivity index (χ2n) is 8.18. The van der Waals surface area contributed by atoms with Crippen molar-refractivity contribution >= 4 is 15.8 Å². The largest absolute Gasteiger partial charge is 0.379 e. The number of sulfonamides is 1. The van der Waals surface area contributed by atoms with Gasteiger partial charge in [0, 0.05) is 35.7 Å². The smallest absolute Gasteiger partial charge is 0.251 e. The van der Waals surface area contributed by atoms with Gasteiger partial charge in [0.05, 0.1) is 31.2 Å². The molecule has 0 aliphatic carbocycles. The summed E-state index contributed by atoms with van der Waals surface area (Å²) in [5.74, 6) is -0.236. The minimum absolute atomic E-state index is 0.0894. The van der Waals surface area contributed by atoms with Gasteiger partial charge >= 0.3 is 0 Å². The van der Waals surface area contributed by atoms with Gasteiger partial charge < -0.3 is 9.30 Å². The van der Waals surface area contributed by atoms with Crippen molar-refractivity contribution < 1.29 is 26.7 Å². The van der Waals surface area contributed by atoms with Gasteiger partial charge in [0.25, 0.3) is 6.43 Å². The molecule has 3 rings (SSSR count). The first kappa shape index (κ1) is 25.5. The van der Waals surface area contributed by atoms with E-state index < -0.39 is 23.0 Å². The van der Waals surface area contributed by atoms with Crippen molar-refractivity contribution in [3.8, 4) is 5.69 Å². The number of alkyl halides is 2. The van der Waals surface area contributed by atoms with Crippen molar-refractivity contribution in [2.75, 3.05) is 45.9 Å². The number of morpholine rings is 1. The summed E-state index contributed by atoms with van der Waals surface area (Å²) in [6.07, 6.45) is -1.84. The maximum atomic E-state index is 13.1. The first-order valence-electron chi connectivity index (χ1n) is 11.1. The van der Waals surface area contributed by atoms with E-state index in [1.54, 1.807) is 37.3 Å². The summed E-state index contributed by atoms with van der Waals surface area (Å²) in [5, 5.41) is 0. The lowest BCUT2D eigenvalue weighted by Gasteiger charge is -2.26. The van der Waals surface area contributed by atoms with E-state index in [0.29, 0.717) is 56.2 Å². The normalized spacial score (nSPS) is 15.5. The van der Waals surface area contributed by atoms with E-state index in [1.807, 2.05) is 18.4 Å². The van der Waals surface area contributed by atoms with Gasteiger partial charge in [-0.3, -0.25) is 9.69 Å². The molecule has 1 fully saturated rings. The van der Waals surface area contributed by atoms with Crippen LogP contribution in [-0.4, -0.2) is 80.3 Å². The minimum atomic E-state index is -3.67. The Balaban J connectivity index is 1.89. The van der Waals surface area contributed by atoms with Gasteiger partial charge in [0.15, 0.2) is 5.78 Å². The van der Waals surface area contributed by atoms with Crippen molar-refractivity contribution in [1.82, 2.24) is 13.8 Å². The summed E-state index contributed by atoms with van der Waals surface area (Å²) in [6, 6.07) is 8.34. The molecule has 0 radical (unpaired) electrons. The Labute approximate surface area is 194 Å². The Hall–Kier alpha value is -2.14. The van der Waals surface area contributed by atoms with Crippen molar-refractivity contribution in [3.63, 3.8) is 0 Å². The van der Waals surface area contributed by atoms with Gasteiger partial charge in [0.1, 0.15) is 0 Å². The maximum absolute atomic E-state index is 13.1. The van der Waals surface area contributed by atoms with Gasteiger partial charge in [-0.2, -0.15) is 4.31 Å². The Morgan fingerprint density at radius 3 is 2.52 bits per heavy atom. The molecule has 7 nitrogen and oxygen atoms in total. The molecule has 1 saturated heterocycles. The Morgan fingerprint density at radius 1 is 1.18 bits per heavy atom. The number of Topliss-reactive ketones (excluding diaryl/α,β-unsaturated/α-hetero) is 1. The van der Waals surface area contributed by atoms with Crippen LogP contribution in [0.1, 0.15) is 35.1 Å². The average Bonchev–Trinajstić information content (AvgIpc) is 3.08. The lowest BCUT2D eigenvalue weighted by Crippen LogP contribution is -2.40. The molecule has 33 heavy (non-hydrogen) atoms. The van der Waals surface area contributed by atoms with E-state index in [1.165, 1.54) is 9.21 Å². The number of carbonyl (C=O) groups excluding carboxylic acids is 1. The van der Waals surface area contributed by atoms with E-state index in [0.717, 1.165) is 5.69 Å². The van der Waals surface area contributed by atoms with Crippen LogP contribution in [0.2, 0.25) is 0 Å². The van der Waals surface area contributed by atoms with Crippen molar-refractivity contribution in [3.05, 3.63) is 47.3 Å². The van der Waals surface area contributed by atoms with Gasteiger partial charge in [-0.1, -0.05) is 13.0 Å². The molecule has 10 heteroatoms. The molecule has 0 unspecified atom stereocenters. The van der Waals surface area contributed by atoms with Crippen molar-refractivity contribution in [2.24, 2.45) is 0 Å². The van der Waals surface area contributed by atoms with Crippen molar-refractivity contribution in [2.45, 2.75) is 38.5 Å². The second kappa shape index (κ2) is 10.9. The molecule has 1 aromatic carbocycles. The van der Waals surface area contributed by atoms with Gasteiger partial charge in [-0.15, -0.1) is 0 Å². The third-order valence-electron chi connectivity index (χ3n) is 5.72. The molecule has 0 atom stereocenters. The zero-order valence-electron chi connectivity index (χ0n) is 19.3. The van der Waals surface area contributed by atoms with Crippen LogP contribution in [0.25, 0.3) is 5.69 Å². The molecule has 0 bridgehead atoms. The highest BCUT2D eigenvalue weighted by atomic mass is 32.2. The van der Waals surface area contributed by atoms with Crippen LogP contribution in [0.4, 0.5) is 8.78 Å². The average molecular weight is 484 g/mol. The zero-order chi connectivity index (χ0) is 24.2. The van der Waals surface area contributed by atoms with E-state index >= 15 is 0 Å². The fourth-order valence-corrected chi connectivity index (χ4v) is 5.64. The van der Waals surface area contributed by atoms with Crippen LogP contribution in [0.15, 0.2) is 35.2 Å². The highest BCUT2D eigenvalue weighted by molar-refractivity contribution is 7.89. The third kappa shape index (κ3) is 5.87. The minimum Gasteiger partial charge on any atom is -0.379 e. The van der Waals surface area contributed by atoms with Gasteiger partial charge in [0.2, 0.25) is 10.0 Å². The molecule has 1 aliphatic heterocycles. The van der Waals surface area contributed by atoms with E-state index in [9.17, 15) is 22.0 Å². The molecular formula is C23H31F2N3O4S. The van der Waals surface area contributed by atoms with E-state index in [-0.39, 0.29) is 17.2 Å². The number of aryl methyl sites for hydroxylation is 1. The van der Waals surface area contributed by atoms with Crippen molar-refractivity contribution in [1.29, 1.82) is 0 Å². The highest BCUT2D eigenvalue weighted by Gasteiger charge is 2.27. The van der Waals surface area contributed by atoms with Crippen LogP contribution >= 0.6 is 0 Å². The first-order valence-corrected chi connectivity index (χ1v) is 12.5. The Bertz CT molecular complexity index is 1080. The van der Waals surface area contributed by atoms with Crippen LogP contribution in [0.3, 0.4) is 0 Å². The Morgan fingerprint density at radius 2 is 1.88 bits per heavy atom. The number of nitrogens with zero attached hydrogens (tertiary/aromatic N) is 3. The quantitative estimate of drug-likeness (QED) is 0.485. The number of hydrogen-bond acceptors (Lipinski definition) is 5. The number of ether oxygens (including phenoxy) is 1.